The van der Waals surface area contributed by atoms with Gasteiger partial charge in [0.05, 0.1) is 0 Å². The maximum absolute atomic E-state index is 4.10. The van der Waals surface area contributed by atoms with Gasteiger partial charge in [0.25, 0.3) is 0 Å². The summed E-state index contributed by atoms with van der Waals surface area (Å²) in [4.78, 5) is 2.22. The highest BCUT2D eigenvalue weighted by Gasteiger charge is 2.15. The Morgan fingerprint density at radius 3 is 3.44 bits per heavy atom. The molecule has 3 nitrogen and oxygen atoms in total. The molecule has 0 radical (unpaired) electrons. The van der Waals surface area contributed by atoms with Crippen molar-refractivity contribution in [2.45, 2.75) is 6.42 Å². The molecule has 0 saturated heterocycles. The summed E-state index contributed by atoms with van der Waals surface area (Å²) in [5, 5.41) is 4.10. The standard InChI is InChI=1S/C6H9N3/c1-2-4-9-5-7-8-6(9)3-1/h1-2,7H,3-5H2. The van der Waals surface area contributed by atoms with Crippen molar-refractivity contribution < 1.29 is 0 Å². The van der Waals surface area contributed by atoms with E-state index in [0.29, 0.717) is 0 Å². The van der Waals surface area contributed by atoms with Crippen LogP contribution in [0.15, 0.2) is 17.3 Å². The lowest BCUT2D eigenvalue weighted by molar-refractivity contribution is 0.456. The van der Waals surface area contributed by atoms with Crippen LogP contribution in [0.25, 0.3) is 0 Å². The number of amidine groups is 1. The van der Waals surface area contributed by atoms with Crippen molar-refractivity contribution in [1.82, 2.24) is 10.3 Å². The van der Waals surface area contributed by atoms with E-state index >= 15 is 0 Å². The molecule has 0 saturated carbocycles. The molecular formula is C6H9N3. The third kappa shape index (κ3) is 0.686. The maximum Gasteiger partial charge on any atom is 0.130 e. The van der Waals surface area contributed by atoms with Crippen molar-refractivity contribution in [3.05, 3.63) is 12.2 Å². The third-order valence-electron chi connectivity index (χ3n) is 1.63. The number of hydrogen-bond acceptors (Lipinski definition) is 3. The van der Waals surface area contributed by atoms with Gasteiger partial charge in [0.15, 0.2) is 0 Å². The second-order valence-electron chi connectivity index (χ2n) is 2.24. The van der Waals surface area contributed by atoms with E-state index in [0.717, 1.165) is 19.6 Å². The first-order valence-corrected chi connectivity index (χ1v) is 3.16. The van der Waals surface area contributed by atoms with Crippen molar-refractivity contribution in [3.63, 3.8) is 0 Å². The zero-order valence-corrected chi connectivity index (χ0v) is 5.17. The molecule has 0 amide bonds. The number of rotatable bonds is 0. The van der Waals surface area contributed by atoms with E-state index in [1.54, 1.807) is 0 Å². The van der Waals surface area contributed by atoms with Crippen molar-refractivity contribution in [2.75, 3.05) is 13.2 Å². The van der Waals surface area contributed by atoms with Gasteiger partial charge in [-0.15, -0.1) is 0 Å². The fourth-order valence-electron chi connectivity index (χ4n) is 1.11. The van der Waals surface area contributed by atoms with Crippen LogP contribution in [0.3, 0.4) is 0 Å². The lowest BCUT2D eigenvalue weighted by Crippen LogP contribution is -2.31. The number of fused-ring (bicyclic) bond motifs is 1. The fraction of sp³-hybridized carbons (Fsp3) is 0.500. The summed E-state index contributed by atoms with van der Waals surface area (Å²) in [6.45, 7) is 1.91. The minimum Gasteiger partial charge on any atom is -0.336 e. The van der Waals surface area contributed by atoms with E-state index < -0.39 is 0 Å². The second-order valence-corrected chi connectivity index (χ2v) is 2.24. The van der Waals surface area contributed by atoms with E-state index in [9.17, 15) is 0 Å². The Labute approximate surface area is 54.0 Å². The fourth-order valence-corrected chi connectivity index (χ4v) is 1.11. The lowest BCUT2D eigenvalue weighted by atomic mass is 10.2. The van der Waals surface area contributed by atoms with E-state index in [-0.39, 0.29) is 0 Å². The Hall–Kier alpha value is -0.990. The molecule has 0 fully saturated rings. The molecular weight excluding hydrogens is 114 g/mol. The molecule has 2 aliphatic rings. The zero-order chi connectivity index (χ0) is 6.10. The van der Waals surface area contributed by atoms with Gasteiger partial charge in [0.1, 0.15) is 12.5 Å². The van der Waals surface area contributed by atoms with Gasteiger partial charge in [0.2, 0.25) is 0 Å². The average Bonchev–Trinajstić information content (AvgIpc) is 2.33. The number of nitrogens with zero attached hydrogens (tertiary/aromatic N) is 2. The summed E-state index contributed by atoms with van der Waals surface area (Å²) in [6.07, 6.45) is 5.32. The summed E-state index contributed by atoms with van der Waals surface area (Å²) in [6, 6.07) is 0. The minimum atomic E-state index is 0.889. The normalized spacial score (nSPS) is 23.1. The zero-order valence-electron chi connectivity index (χ0n) is 5.17. The van der Waals surface area contributed by atoms with Gasteiger partial charge in [-0.25, -0.2) is 0 Å². The van der Waals surface area contributed by atoms with Crippen LogP contribution in [-0.2, 0) is 0 Å². The summed E-state index contributed by atoms with van der Waals surface area (Å²) >= 11 is 0. The van der Waals surface area contributed by atoms with Crippen LogP contribution in [0.5, 0.6) is 0 Å². The van der Waals surface area contributed by atoms with Crippen LogP contribution in [0.1, 0.15) is 6.42 Å². The van der Waals surface area contributed by atoms with Crippen LogP contribution in [0.2, 0.25) is 0 Å². The predicted octanol–water partition coefficient (Wildman–Crippen LogP) is 0.123. The monoisotopic (exact) mass is 123 g/mol. The van der Waals surface area contributed by atoms with E-state index in [1.165, 1.54) is 5.84 Å². The molecule has 0 aromatic heterocycles. The Kier molecular flexibility index (Phi) is 0.946. The topological polar surface area (TPSA) is 27.6 Å². The Balaban J connectivity index is 2.20. The molecule has 2 rings (SSSR count). The molecule has 0 spiro atoms. The predicted molar refractivity (Wildman–Crippen MR) is 35.9 cm³/mol. The highest BCUT2D eigenvalue weighted by Crippen LogP contribution is 2.06. The largest absolute Gasteiger partial charge is 0.336 e. The number of nitrogens with one attached hydrogen (secondary N) is 1. The summed E-state index contributed by atoms with van der Waals surface area (Å²) in [5.41, 5.74) is 2.94. The van der Waals surface area contributed by atoms with Crippen LogP contribution in [0, 0.1) is 0 Å². The van der Waals surface area contributed by atoms with E-state index in [4.69, 9.17) is 0 Å². The Morgan fingerprint density at radius 1 is 1.56 bits per heavy atom. The van der Waals surface area contributed by atoms with Crippen LogP contribution >= 0.6 is 0 Å². The molecule has 0 aliphatic carbocycles. The van der Waals surface area contributed by atoms with Gasteiger partial charge in [-0.3, -0.25) is 5.43 Å². The first kappa shape index (κ1) is 4.85. The van der Waals surface area contributed by atoms with Crippen molar-refractivity contribution >= 4 is 5.84 Å². The quantitative estimate of drug-likeness (QED) is 0.463. The van der Waals surface area contributed by atoms with Gasteiger partial charge in [-0.05, 0) is 0 Å². The molecule has 0 aromatic rings. The van der Waals surface area contributed by atoms with Crippen LogP contribution in [-0.4, -0.2) is 23.9 Å². The SMILES string of the molecule is C1=CCN2CNN=C2C1. The first-order valence-electron chi connectivity index (χ1n) is 3.16. The van der Waals surface area contributed by atoms with Gasteiger partial charge < -0.3 is 4.90 Å². The molecule has 0 atom stereocenters. The Bertz CT molecular complexity index is 171. The number of hydrazone groups is 1. The van der Waals surface area contributed by atoms with Crippen molar-refractivity contribution in [1.29, 1.82) is 0 Å². The highest BCUT2D eigenvalue weighted by molar-refractivity contribution is 5.85. The summed E-state index contributed by atoms with van der Waals surface area (Å²) in [5.74, 6) is 1.18. The van der Waals surface area contributed by atoms with Crippen LogP contribution < -0.4 is 5.43 Å². The maximum atomic E-state index is 4.10. The smallest absolute Gasteiger partial charge is 0.130 e. The van der Waals surface area contributed by atoms with Crippen molar-refractivity contribution in [2.24, 2.45) is 5.10 Å². The average molecular weight is 123 g/mol. The first-order chi connectivity index (χ1) is 4.47. The summed E-state index contributed by atoms with van der Waals surface area (Å²) < 4.78 is 0. The van der Waals surface area contributed by atoms with Gasteiger partial charge >= 0.3 is 0 Å². The van der Waals surface area contributed by atoms with Gasteiger partial charge in [0, 0.05) is 13.0 Å². The molecule has 0 bridgehead atoms. The Morgan fingerprint density at radius 2 is 2.56 bits per heavy atom. The molecule has 1 N–H and O–H groups in total. The van der Waals surface area contributed by atoms with Crippen molar-refractivity contribution in [3.8, 4) is 0 Å². The molecule has 0 unspecified atom stereocenters. The molecule has 0 aromatic carbocycles. The molecule has 2 heterocycles. The summed E-state index contributed by atoms with van der Waals surface area (Å²) in [7, 11) is 0. The third-order valence-corrected chi connectivity index (χ3v) is 1.63. The molecule has 3 heteroatoms. The van der Waals surface area contributed by atoms with E-state index in [1.807, 2.05) is 0 Å². The van der Waals surface area contributed by atoms with Gasteiger partial charge in [-0.1, -0.05) is 12.2 Å². The number of hydrogen-bond donors (Lipinski definition) is 1. The van der Waals surface area contributed by atoms with E-state index in [2.05, 4.69) is 27.6 Å². The molecule has 9 heavy (non-hydrogen) atoms. The lowest BCUT2D eigenvalue weighted by Gasteiger charge is -2.18. The molecule has 2 aliphatic heterocycles. The minimum absolute atomic E-state index is 0.889. The molecule has 48 valence electrons. The highest BCUT2D eigenvalue weighted by atomic mass is 15.5. The second kappa shape index (κ2) is 1.76. The van der Waals surface area contributed by atoms with Crippen LogP contribution in [0.4, 0.5) is 0 Å². The van der Waals surface area contributed by atoms with Gasteiger partial charge in [-0.2, -0.15) is 5.10 Å².